The number of carbonyl (C=O) groups is 1. The highest BCUT2D eigenvalue weighted by Gasteiger charge is 2.34. The Bertz CT molecular complexity index is 773. The molecule has 0 radical (unpaired) electrons. The van der Waals surface area contributed by atoms with Crippen molar-refractivity contribution in [2.75, 3.05) is 39.3 Å². The summed E-state index contributed by atoms with van der Waals surface area (Å²) in [4.78, 5) is 16.5. The molecule has 2 saturated heterocycles. The van der Waals surface area contributed by atoms with Crippen LogP contribution in [0.3, 0.4) is 0 Å². The van der Waals surface area contributed by atoms with Gasteiger partial charge in [0.25, 0.3) is 0 Å². The molecule has 1 aromatic carbocycles. The van der Waals surface area contributed by atoms with E-state index in [1.54, 1.807) is 12.1 Å². The van der Waals surface area contributed by atoms with Gasteiger partial charge in [-0.2, -0.15) is 4.31 Å². The smallest absolute Gasteiger partial charge is 0.244 e. The number of sulfonamides is 1. The average molecular weight is 420 g/mol. The van der Waals surface area contributed by atoms with Crippen LogP contribution in [-0.2, 0) is 14.8 Å². The lowest BCUT2D eigenvalue weighted by Crippen LogP contribution is -2.55. The predicted octanol–water partition coefficient (Wildman–Crippen LogP) is 2.31. The van der Waals surface area contributed by atoms with Crippen LogP contribution in [0.5, 0.6) is 0 Å². The van der Waals surface area contributed by atoms with E-state index in [4.69, 9.17) is 23.2 Å². The molecule has 6 nitrogen and oxygen atoms in total. The number of amides is 1. The molecule has 144 valence electrons. The van der Waals surface area contributed by atoms with Crippen LogP contribution in [0.15, 0.2) is 23.1 Å². The number of halogens is 2. The number of hydrogen-bond donors (Lipinski definition) is 0. The van der Waals surface area contributed by atoms with Crippen molar-refractivity contribution in [2.45, 2.75) is 30.7 Å². The minimum Gasteiger partial charge on any atom is -0.341 e. The van der Waals surface area contributed by atoms with Gasteiger partial charge in [0.05, 0.1) is 16.1 Å². The molecule has 1 atom stereocenters. The Balaban J connectivity index is 1.66. The maximum atomic E-state index is 12.9. The molecule has 1 aromatic rings. The van der Waals surface area contributed by atoms with E-state index in [1.807, 2.05) is 16.7 Å². The summed E-state index contributed by atoms with van der Waals surface area (Å²) in [5, 5.41) is 0.269. The quantitative estimate of drug-likeness (QED) is 0.750. The summed E-state index contributed by atoms with van der Waals surface area (Å²) in [6, 6.07) is 4.38. The van der Waals surface area contributed by atoms with Gasteiger partial charge < -0.3 is 4.90 Å². The highest BCUT2D eigenvalue weighted by atomic mass is 35.5. The summed E-state index contributed by atoms with van der Waals surface area (Å²) in [5.41, 5.74) is 0. The number of benzene rings is 1. The topological polar surface area (TPSA) is 60.9 Å². The first-order valence-corrected chi connectivity index (χ1v) is 11.0. The van der Waals surface area contributed by atoms with E-state index in [2.05, 4.69) is 0 Å². The lowest BCUT2D eigenvalue weighted by molar-refractivity contribution is -0.135. The van der Waals surface area contributed by atoms with Gasteiger partial charge in [0.1, 0.15) is 4.90 Å². The standard InChI is InChI=1S/C17H23Cl2N3O3S/c1-13(17(23)21-7-2-3-8-21)20-9-11-22(12-10-20)26(24,25)15-6-4-5-14(18)16(15)19/h4-6,13H,2-3,7-12H2,1H3/t13-/m1/s1. The number of hydrogen-bond acceptors (Lipinski definition) is 4. The van der Waals surface area contributed by atoms with Crippen molar-refractivity contribution in [3.63, 3.8) is 0 Å². The van der Waals surface area contributed by atoms with Crippen molar-refractivity contribution in [1.82, 2.24) is 14.1 Å². The first-order chi connectivity index (χ1) is 12.3. The van der Waals surface area contributed by atoms with E-state index >= 15 is 0 Å². The highest BCUT2D eigenvalue weighted by Crippen LogP contribution is 2.31. The summed E-state index contributed by atoms with van der Waals surface area (Å²) < 4.78 is 27.1. The summed E-state index contributed by atoms with van der Waals surface area (Å²) in [5.74, 6) is 0.136. The first kappa shape index (κ1) is 19.9. The van der Waals surface area contributed by atoms with E-state index < -0.39 is 10.0 Å². The second-order valence-corrected chi connectivity index (χ2v) is 9.39. The Morgan fingerprint density at radius 2 is 1.65 bits per heavy atom. The summed E-state index contributed by atoms with van der Waals surface area (Å²) >= 11 is 12.0. The number of piperazine rings is 1. The van der Waals surface area contributed by atoms with Crippen molar-refractivity contribution in [1.29, 1.82) is 0 Å². The molecule has 0 aliphatic carbocycles. The summed E-state index contributed by atoms with van der Waals surface area (Å²) in [6.45, 7) is 5.22. The van der Waals surface area contributed by atoms with Crippen molar-refractivity contribution in [3.05, 3.63) is 28.2 Å². The Morgan fingerprint density at radius 3 is 2.27 bits per heavy atom. The molecule has 0 unspecified atom stereocenters. The third-order valence-electron chi connectivity index (χ3n) is 5.13. The number of nitrogens with zero attached hydrogens (tertiary/aromatic N) is 3. The van der Waals surface area contributed by atoms with Crippen LogP contribution in [0.2, 0.25) is 10.0 Å². The monoisotopic (exact) mass is 419 g/mol. The molecule has 0 aromatic heterocycles. The van der Waals surface area contributed by atoms with Gasteiger partial charge in [-0.15, -0.1) is 0 Å². The summed E-state index contributed by atoms with van der Waals surface area (Å²) in [7, 11) is -3.71. The van der Waals surface area contributed by atoms with E-state index in [-0.39, 0.29) is 26.9 Å². The number of likely N-dealkylation sites (tertiary alicyclic amines) is 1. The molecule has 2 heterocycles. The van der Waals surface area contributed by atoms with Gasteiger partial charge in [0, 0.05) is 39.3 Å². The zero-order valence-corrected chi connectivity index (χ0v) is 17.0. The molecule has 2 aliphatic heterocycles. The third kappa shape index (κ3) is 3.87. The molecule has 0 spiro atoms. The molecule has 26 heavy (non-hydrogen) atoms. The Morgan fingerprint density at radius 1 is 1.04 bits per heavy atom. The van der Waals surface area contributed by atoms with Crippen LogP contribution >= 0.6 is 23.2 Å². The molecule has 2 fully saturated rings. The van der Waals surface area contributed by atoms with Gasteiger partial charge in [-0.05, 0) is 31.9 Å². The zero-order chi connectivity index (χ0) is 18.9. The molecule has 2 aliphatic rings. The fraction of sp³-hybridized carbons (Fsp3) is 0.588. The van der Waals surface area contributed by atoms with Crippen molar-refractivity contribution >= 4 is 39.1 Å². The molecule has 0 N–H and O–H groups in total. The Hall–Kier alpha value is -0.860. The van der Waals surface area contributed by atoms with Gasteiger partial charge in [0.15, 0.2) is 0 Å². The van der Waals surface area contributed by atoms with Gasteiger partial charge in [-0.25, -0.2) is 8.42 Å². The second-order valence-electron chi connectivity index (χ2n) is 6.70. The van der Waals surface area contributed by atoms with Gasteiger partial charge >= 0.3 is 0 Å². The summed E-state index contributed by atoms with van der Waals surface area (Å²) in [6.07, 6.45) is 2.12. The highest BCUT2D eigenvalue weighted by molar-refractivity contribution is 7.89. The normalized spacial score (nSPS) is 21.1. The third-order valence-corrected chi connectivity index (χ3v) is 8.00. The van der Waals surface area contributed by atoms with E-state index in [1.165, 1.54) is 10.4 Å². The molecule has 9 heteroatoms. The van der Waals surface area contributed by atoms with Crippen LogP contribution in [0, 0.1) is 0 Å². The predicted molar refractivity (Wildman–Crippen MR) is 102 cm³/mol. The largest absolute Gasteiger partial charge is 0.341 e. The van der Waals surface area contributed by atoms with Crippen LogP contribution < -0.4 is 0 Å². The molecule has 0 bridgehead atoms. The van der Waals surface area contributed by atoms with Crippen molar-refractivity contribution in [2.24, 2.45) is 0 Å². The van der Waals surface area contributed by atoms with E-state index in [0.717, 1.165) is 25.9 Å². The van der Waals surface area contributed by atoms with Crippen LogP contribution in [-0.4, -0.2) is 73.7 Å². The molecular weight excluding hydrogens is 397 g/mol. The van der Waals surface area contributed by atoms with Gasteiger partial charge in [-0.3, -0.25) is 9.69 Å². The maximum absolute atomic E-state index is 12.9. The van der Waals surface area contributed by atoms with Gasteiger partial charge in [0.2, 0.25) is 15.9 Å². The Kier molecular flexibility index (Phi) is 6.14. The lowest BCUT2D eigenvalue weighted by Gasteiger charge is -2.37. The van der Waals surface area contributed by atoms with Crippen LogP contribution in [0.25, 0.3) is 0 Å². The fourth-order valence-electron chi connectivity index (χ4n) is 3.51. The minimum atomic E-state index is -3.71. The minimum absolute atomic E-state index is 0.0290. The van der Waals surface area contributed by atoms with Crippen molar-refractivity contribution < 1.29 is 13.2 Å². The van der Waals surface area contributed by atoms with Crippen LogP contribution in [0.1, 0.15) is 19.8 Å². The fourth-order valence-corrected chi connectivity index (χ4v) is 5.67. The van der Waals surface area contributed by atoms with E-state index in [0.29, 0.717) is 26.2 Å². The second kappa shape index (κ2) is 8.02. The maximum Gasteiger partial charge on any atom is 0.244 e. The van der Waals surface area contributed by atoms with Gasteiger partial charge in [-0.1, -0.05) is 29.3 Å². The Labute approximate surface area is 164 Å². The lowest BCUT2D eigenvalue weighted by atomic mass is 10.2. The van der Waals surface area contributed by atoms with Crippen molar-refractivity contribution in [3.8, 4) is 0 Å². The molecule has 1 amide bonds. The number of carbonyl (C=O) groups excluding carboxylic acids is 1. The zero-order valence-electron chi connectivity index (χ0n) is 14.7. The molecule has 3 rings (SSSR count). The van der Waals surface area contributed by atoms with Crippen LogP contribution in [0.4, 0.5) is 0 Å². The molecule has 0 saturated carbocycles. The number of rotatable bonds is 4. The average Bonchev–Trinajstić information content (AvgIpc) is 3.17. The van der Waals surface area contributed by atoms with E-state index in [9.17, 15) is 13.2 Å². The first-order valence-electron chi connectivity index (χ1n) is 8.79. The molecular formula is C17H23Cl2N3O3S. The SMILES string of the molecule is C[C@H](C(=O)N1CCCC1)N1CCN(S(=O)(=O)c2cccc(Cl)c2Cl)CC1.